The van der Waals surface area contributed by atoms with Gasteiger partial charge in [0.1, 0.15) is 0 Å². The third kappa shape index (κ3) is 5.84. The highest BCUT2D eigenvalue weighted by molar-refractivity contribution is 5.80. The van der Waals surface area contributed by atoms with Crippen LogP contribution in [0.3, 0.4) is 0 Å². The number of likely N-dealkylation sites (tertiary alicyclic amines) is 1. The SMILES string of the molecule is CC1CN(C(=O)C2CCN(C(=O)NC3CCCCCCC3)CC2)CC(C)O1. The first-order valence-electron chi connectivity index (χ1n) is 11.0. The van der Waals surface area contributed by atoms with Crippen LogP contribution in [0.1, 0.15) is 71.6 Å². The minimum absolute atomic E-state index is 0.0490. The number of carbonyl (C=O) groups is 2. The second-order valence-corrected chi connectivity index (χ2v) is 8.75. The maximum Gasteiger partial charge on any atom is 0.317 e. The van der Waals surface area contributed by atoms with E-state index in [9.17, 15) is 9.59 Å². The second kappa shape index (κ2) is 9.76. The summed E-state index contributed by atoms with van der Waals surface area (Å²) in [6, 6.07) is 0.397. The Morgan fingerprint density at radius 2 is 1.37 bits per heavy atom. The van der Waals surface area contributed by atoms with Crippen LogP contribution in [-0.4, -0.2) is 66.2 Å². The summed E-state index contributed by atoms with van der Waals surface area (Å²) in [6.45, 7) is 6.79. The number of piperidine rings is 1. The van der Waals surface area contributed by atoms with Gasteiger partial charge >= 0.3 is 6.03 Å². The monoisotopic (exact) mass is 379 g/mol. The van der Waals surface area contributed by atoms with E-state index in [1.165, 1.54) is 32.1 Å². The zero-order chi connectivity index (χ0) is 19.2. The minimum Gasteiger partial charge on any atom is -0.372 e. The summed E-state index contributed by atoms with van der Waals surface area (Å²) in [5.74, 6) is 0.296. The topological polar surface area (TPSA) is 61.9 Å². The zero-order valence-electron chi connectivity index (χ0n) is 17.1. The highest BCUT2D eigenvalue weighted by Crippen LogP contribution is 2.23. The van der Waals surface area contributed by atoms with Gasteiger partial charge in [0.25, 0.3) is 0 Å². The van der Waals surface area contributed by atoms with Crippen molar-refractivity contribution in [2.45, 2.75) is 89.9 Å². The molecule has 1 saturated carbocycles. The maximum absolute atomic E-state index is 12.9. The Labute approximate surface area is 164 Å². The van der Waals surface area contributed by atoms with E-state index < -0.39 is 0 Å². The Morgan fingerprint density at radius 1 is 0.815 bits per heavy atom. The number of hydrogen-bond acceptors (Lipinski definition) is 3. The predicted molar refractivity (Wildman–Crippen MR) is 106 cm³/mol. The molecule has 0 radical (unpaired) electrons. The van der Waals surface area contributed by atoms with E-state index in [1.54, 1.807) is 0 Å². The fourth-order valence-electron chi connectivity index (χ4n) is 4.81. The van der Waals surface area contributed by atoms with E-state index in [0.717, 1.165) is 25.7 Å². The molecule has 0 aromatic heterocycles. The highest BCUT2D eigenvalue weighted by Gasteiger charge is 2.33. The van der Waals surface area contributed by atoms with Crippen LogP contribution in [0.15, 0.2) is 0 Å². The molecule has 3 aliphatic rings. The Kier molecular flexibility index (Phi) is 7.39. The van der Waals surface area contributed by atoms with E-state index >= 15 is 0 Å². The molecular weight excluding hydrogens is 342 g/mol. The molecule has 2 heterocycles. The average Bonchev–Trinajstić information content (AvgIpc) is 2.62. The lowest BCUT2D eigenvalue weighted by Crippen LogP contribution is -2.53. The van der Waals surface area contributed by atoms with Gasteiger partial charge < -0.3 is 19.9 Å². The van der Waals surface area contributed by atoms with Crippen molar-refractivity contribution in [2.75, 3.05) is 26.2 Å². The summed E-state index contributed by atoms with van der Waals surface area (Å²) in [6.07, 6.45) is 10.3. The van der Waals surface area contributed by atoms with Gasteiger partial charge in [-0.15, -0.1) is 0 Å². The fraction of sp³-hybridized carbons (Fsp3) is 0.905. The van der Waals surface area contributed by atoms with Crippen LogP contribution >= 0.6 is 0 Å². The van der Waals surface area contributed by atoms with Crippen LogP contribution in [-0.2, 0) is 9.53 Å². The summed E-state index contributed by atoms with van der Waals surface area (Å²) in [7, 11) is 0. The Morgan fingerprint density at radius 3 is 1.96 bits per heavy atom. The lowest BCUT2D eigenvalue weighted by molar-refractivity contribution is -0.148. The average molecular weight is 380 g/mol. The molecule has 1 aliphatic carbocycles. The second-order valence-electron chi connectivity index (χ2n) is 8.75. The van der Waals surface area contributed by atoms with Crippen molar-refractivity contribution in [3.05, 3.63) is 0 Å². The molecule has 2 unspecified atom stereocenters. The van der Waals surface area contributed by atoms with Gasteiger partial charge in [0, 0.05) is 38.1 Å². The molecule has 0 spiro atoms. The minimum atomic E-state index is 0.0490. The highest BCUT2D eigenvalue weighted by atomic mass is 16.5. The largest absolute Gasteiger partial charge is 0.372 e. The number of ether oxygens (including phenoxy) is 1. The lowest BCUT2D eigenvalue weighted by atomic mass is 9.94. The quantitative estimate of drug-likeness (QED) is 0.802. The van der Waals surface area contributed by atoms with Gasteiger partial charge in [0.15, 0.2) is 0 Å². The molecule has 6 nitrogen and oxygen atoms in total. The molecule has 27 heavy (non-hydrogen) atoms. The van der Waals surface area contributed by atoms with Crippen LogP contribution in [0.4, 0.5) is 4.79 Å². The number of nitrogens with one attached hydrogen (secondary N) is 1. The molecule has 154 valence electrons. The van der Waals surface area contributed by atoms with Crippen molar-refractivity contribution in [2.24, 2.45) is 5.92 Å². The van der Waals surface area contributed by atoms with Gasteiger partial charge in [-0.05, 0) is 39.5 Å². The smallest absolute Gasteiger partial charge is 0.317 e. The van der Waals surface area contributed by atoms with Crippen LogP contribution in [0.2, 0.25) is 0 Å². The van der Waals surface area contributed by atoms with Crippen LogP contribution < -0.4 is 5.32 Å². The van der Waals surface area contributed by atoms with Crippen LogP contribution in [0.25, 0.3) is 0 Å². The zero-order valence-corrected chi connectivity index (χ0v) is 17.1. The lowest BCUT2D eigenvalue weighted by Gasteiger charge is -2.39. The molecule has 2 aliphatic heterocycles. The maximum atomic E-state index is 12.9. The van der Waals surface area contributed by atoms with Gasteiger partial charge in [-0.2, -0.15) is 0 Å². The summed E-state index contributed by atoms with van der Waals surface area (Å²) in [5, 5.41) is 3.25. The van der Waals surface area contributed by atoms with Gasteiger partial charge in [-0.25, -0.2) is 4.79 Å². The standard InChI is InChI=1S/C21H37N3O3/c1-16-14-24(15-17(2)27-16)20(25)18-10-12-23(13-11-18)21(26)22-19-8-6-4-3-5-7-9-19/h16-19H,3-15H2,1-2H3,(H,22,26). The van der Waals surface area contributed by atoms with Crippen molar-refractivity contribution >= 4 is 11.9 Å². The van der Waals surface area contributed by atoms with E-state index in [4.69, 9.17) is 4.74 Å². The van der Waals surface area contributed by atoms with E-state index in [-0.39, 0.29) is 30.1 Å². The number of nitrogens with zero attached hydrogens (tertiary/aromatic N) is 2. The molecule has 3 fully saturated rings. The molecule has 0 aromatic carbocycles. The summed E-state index contributed by atoms with van der Waals surface area (Å²) in [5.41, 5.74) is 0. The first-order chi connectivity index (χ1) is 13.0. The van der Waals surface area contributed by atoms with E-state index in [0.29, 0.717) is 32.2 Å². The number of urea groups is 1. The van der Waals surface area contributed by atoms with E-state index in [2.05, 4.69) is 5.32 Å². The van der Waals surface area contributed by atoms with Crippen molar-refractivity contribution in [3.8, 4) is 0 Å². The number of carbonyl (C=O) groups excluding carboxylic acids is 2. The number of amides is 3. The van der Waals surface area contributed by atoms with Crippen molar-refractivity contribution in [1.29, 1.82) is 0 Å². The molecule has 3 rings (SSSR count). The van der Waals surface area contributed by atoms with Crippen molar-refractivity contribution < 1.29 is 14.3 Å². The first-order valence-corrected chi connectivity index (χ1v) is 11.0. The molecule has 6 heteroatoms. The molecule has 1 N–H and O–H groups in total. The molecule has 2 saturated heterocycles. The first kappa shape index (κ1) is 20.4. The van der Waals surface area contributed by atoms with Gasteiger partial charge in [0.2, 0.25) is 5.91 Å². The molecule has 0 aromatic rings. The third-order valence-electron chi connectivity index (χ3n) is 6.30. The normalized spacial score (nSPS) is 29.1. The number of morpholine rings is 1. The molecular formula is C21H37N3O3. The molecule has 0 bridgehead atoms. The van der Waals surface area contributed by atoms with E-state index in [1.807, 2.05) is 23.6 Å². The van der Waals surface area contributed by atoms with Crippen LogP contribution in [0.5, 0.6) is 0 Å². The summed E-state index contributed by atoms with van der Waals surface area (Å²) < 4.78 is 5.74. The third-order valence-corrected chi connectivity index (χ3v) is 6.30. The molecule has 3 amide bonds. The summed E-state index contributed by atoms with van der Waals surface area (Å²) >= 11 is 0. The van der Waals surface area contributed by atoms with Crippen molar-refractivity contribution in [1.82, 2.24) is 15.1 Å². The predicted octanol–water partition coefficient (Wildman–Crippen LogP) is 3.16. The fourth-order valence-corrected chi connectivity index (χ4v) is 4.81. The number of hydrogen-bond donors (Lipinski definition) is 1. The number of rotatable bonds is 2. The van der Waals surface area contributed by atoms with Crippen molar-refractivity contribution in [3.63, 3.8) is 0 Å². The Hall–Kier alpha value is -1.30. The van der Waals surface area contributed by atoms with Crippen LogP contribution in [0, 0.1) is 5.92 Å². The Balaban J connectivity index is 1.43. The van der Waals surface area contributed by atoms with Gasteiger partial charge in [0.05, 0.1) is 12.2 Å². The van der Waals surface area contributed by atoms with Gasteiger partial charge in [-0.1, -0.05) is 32.1 Å². The molecule has 2 atom stereocenters. The summed E-state index contributed by atoms with van der Waals surface area (Å²) in [4.78, 5) is 29.4. The van der Waals surface area contributed by atoms with Gasteiger partial charge in [-0.3, -0.25) is 4.79 Å². The Bertz CT molecular complexity index is 487.